The van der Waals surface area contributed by atoms with Gasteiger partial charge in [-0.25, -0.2) is 14.6 Å². The number of hydrogen-bond acceptors (Lipinski definition) is 6. The second kappa shape index (κ2) is 8.56. The molecule has 0 aliphatic heterocycles. The molecule has 1 aromatic carbocycles. The number of nitrogens with one attached hydrogen (secondary N) is 2. The fourth-order valence-electron chi connectivity index (χ4n) is 3.65. The number of anilines is 1. The molecular weight excluding hydrogens is 450 g/mol. The molecule has 0 aliphatic rings. The van der Waals surface area contributed by atoms with Gasteiger partial charge >= 0.3 is 0 Å². The minimum Gasteiger partial charge on any atom is -0.364 e. The van der Waals surface area contributed by atoms with E-state index in [0.29, 0.717) is 44.4 Å². The van der Waals surface area contributed by atoms with E-state index in [2.05, 4.69) is 20.4 Å². The third kappa shape index (κ3) is 3.95. The van der Waals surface area contributed by atoms with Crippen molar-refractivity contribution >= 4 is 39.3 Å². The first-order valence-electron chi connectivity index (χ1n) is 10.6. The number of H-pyrrole nitrogens is 1. The van der Waals surface area contributed by atoms with Crippen LogP contribution in [0, 0.1) is 0 Å². The van der Waals surface area contributed by atoms with Crippen molar-refractivity contribution in [1.82, 2.24) is 24.7 Å². The standard InChI is InChI=1S/C24H21N7O2S/c1-13(2)31-22-17(11-27-31)16(9-18(28-22)14-6-4-3-5-7-14)23(33)30-24-29-20(12-34-24)15-8-19(21(25)32)26-10-15/h3-13,26H,1-2H3,(H2,25,32)(H,29,30,33). The topological polar surface area (TPSA) is 132 Å². The Kier molecular flexibility index (Phi) is 5.42. The van der Waals surface area contributed by atoms with Gasteiger partial charge < -0.3 is 10.7 Å². The van der Waals surface area contributed by atoms with E-state index in [1.165, 1.54) is 11.3 Å². The van der Waals surface area contributed by atoms with Crippen molar-refractivity contribution < 1.29 is 9.59 Å². The molecule has 5 aromatic rings. The SMILES string of the molecule is CC(C)n1ncc2c(C(=O)Nc3nc(-c4c[nH]c(C(N)=O)c4)cs3)cc(-c3ccccc3)nc21. The number of aromatic amines is 1. The minimum absolute atomic E-state index is 0.0834. The van der Waals surface area contributed by atoms with E-state index in [9.17, 15) is 9.59 Å². The van der Waals surface area contributed by atoms with E-state index in [-0.39, 0.29) is 11.9 Å². The highest BCUT2D eigenvalue weighted by molar-refractivity contribution is 7.14. The van der Waals surface area contributed by atoms with Crippen LogP contribution in [0.2, 0.25) is 0 Å². The van der Waals surface area contributed by atoms with E-state index < -0.39 is 5.91 Å². The van der Waals surface area contributed by atoms with Gasteiger partial charge in [-0.3, -0.25) is 14.9 Å². The molecule has 34 heavy (non-hydrogen) atoms. The number of amides is 2. The van der Waals surface area contributed by atoms with Crippen LogP contribution in [0.5, 0.6) is 0 Å². The van der Waals surface area contributed by atoms with Crippen LogP contribution in [0.3, 0.4) is 0 Å². The molecule has 0 saturated carbocycles. The van der Waals surface area contributed by atoms with Crippen molar-refractivity contribution in [3.8, 4) is 22.5 Å². The quantitative estimate of drug-likeness (QED) is 0.336. The van der Waals surface area contributed by atoms with E-state index in [0.717, 1.165) is 5.56 Å². The summed E-state index contributed by atoms with van der Waals surface area (Å²) in [4.78, 5) is 36.8. The fourth-order valence-corrected chi connectivity index (χ4v) is 4.37. The largest absolute Gasteiger partial charge is 0.364 e. The summed E-state index contributed by atoms with van der Waals surface area (Å²) in [6.45, 7) is 4.04. The van der Waals surface area contributed by atoms with Crippen LogP contribution in [0.25, 0.3) is 33.5 Å². The van der Waals surface area contributed by atoms with Gasteiger partial charge in [-0.05, 0) is 26.0 Å². The molecular formula is C24H21N7O2S. The molecule has 4 heterocycles. The molecule has 4 aromatic heterocycles. The Morgan fingerprint density at radius 2 is 1.88 bits per heavy atom. The van der Waals surface area contributed by atoms with Gasteiger partial charge in [0.25, 0.3) is 11.8 Å². The number of carbonyl (C=O) groups is 2. The van der Waals surface area contributed by atoms with Gasteiger partial charge in [0.05, 0.1) is 28.5 Å². The smallest absolute Gasteiger partial charge is 0.265 e. The van der Waals surface area contributed by atoms with Crippen molar-refractivity contribution in [2.24, 2.45) is 5.73 Å². The number of benzene rings is 1. The summed E-state index contributed by atoms with van der Waals surface area (Å²) in [5.41, 5.74) is 9.64. The molecule has 5 rings (SSSR count). The van der Waals surface area contributed by atoms with E-state index >= 15 is 0 Å². The average molecular weight is 472 g/mol. The Hall–Kier alpha value is -4.31. The maximum atomic E-state index is 13.4. The highest BCUT2D eigenvalue weighted by atomic mass is 32.1. The summed E-state index contributed by atoms with van der Waals surface area (Å²) in [6.07, 6.45) is 3.32. The Morgan fingerprint density at radius 3 is 2.59 bits per heavy atom. The molecule has 2 amide bonds. The van der Waals surface area contributed by atoms with Crippen molar-refractivity contribution in [3.05, 3.63) is 71.5 Å². The molecule has 9 nitrogen and oxygen atoms in total. The molecule has 0 unspecified atom stereocenters. The van der Waals surface area contributed by atoms with Gasteiger partial charge in [-0.2, -0.15) is 5.10 Å². The molecule has 170 valence electrons. The Morgan fingerprint density at radius 1 is 1.09 bits per heavy atom. The number of pyridine rings is 1. The van der Waals surface area contributed by atoms with Crippen LogP contribution in [-0.4, -0.2) is 36.5 Å². The first-order chi connectivity index (χ1) is 16.4. The third-order valence-corrected chi connectivity index (χ3v) is 6.10. The van der Waals surface area contributed by atoms with Crippen molar-refractivity contribution in [2.75, 3.05) is 5.32 Å². The summed E-state index contributed by atoms with van der Waals surface area (Å²) in [7, 11) is 0. The van der Waals surface area contributed by atoms with Crippen molar-refractivity contribution in [1.29, 1.82) is 0 Å². The summed E-state index contributed by atoms with van der Waals surface area (Å²) < 4.78 is 1.81. The predicted octanol–water partition coefficient (Wildman–Crippen LogP) is 4.48. The van der Waals surface area contributed by atoms with Gasteiger partial charge in [0, 0.05) is 28.7 Å². The van der Waals surface area contributed by atoms with E-state index in [4.69, 9.17) is 10.7 Å². The number of nitrogens with two attached hydrogens (primary N) is 1. The van der Waals surface area contributed by atoms with Crippen molar-refractivity contribution in [3.63, 3.8) is 0 Å². The zero-order valence-corrected chi connectivity index (χ0v) is 19.3. The first kappa shape index (κ1) is 21.5. The molecule has 0 aliphatic carbocycles. The summed E-state index contributed by atoms with van der Waals surface area (Å²) in [5.74, 6) is -0.853. The lowest BCUT2D eigenvalue weighted by molar-refractivity contribution is 0.0994. The molecule has 0 radical (unpaired) electrons. The van der Waals surface area contributed by atoms with Crippen LogP contribution in [0.4, 0.5) is 5.13 Å². The lowest BCUT2D eigenvalue weighted by atomic mass is 10.1. The molecule has 10 heteroatoms. The van der Waals surface area contributed by atoms with Gasteiger partial charge in [0.1, 0.15) is 5.69 Å². The normalized spacial score (nSPS) is 11.3. The van der Waals surface area contributed by atoms with E-state index in [1.54, 1.807) is 29.9 Å². The lowest BCUT2D eigenvalue weighted by Crippen LogP contribution is -2.13. The monoisotopic (exact) mass is 471 g/mol. The number of thiazole rings is 1. The van der Waals surface area contributed by atoms with Crippen LogP contribution in [0.15, 0.2) is 60.2 Å². The number of nitrogens with zero attached hydrogens (tertiary/aromatic N) is 4. The van der Waals surface area contributed by atoms with Crippen LogP contribution in [-0.2, 0) is 0 Å². The zero-order chi connectivity index (χ0) is 23.8. The number of fused-ring (bicyclic) bond motifs is 1. The Bertz CT molecular complexity index is 1510. The number of rotatable bonds is 6. The Labute approximate surface area is 198 Å². The Balaban J connectivity index is 1.50. The van der Waals surface area contributed by atoms with Crippen LogP contribution in [0.1, 0.15) is 40.7 Å². The number of carbonyl (C=O) groups excluding carboxylic acids is 2. The second-order valence-electron chi connectivity index (χ2n) is 8.00. The predicted molar refractivity (Wildman–Crippen MR) is 132 cm³/mol. The minimum atomic E-state index is -0.548. The average Bonchev–Trinajstić information content (AvgIpc) is 3.58. The van der Waals surface area contributed by atoms with Crippen molar-refractivity contribution in [2.45, 2.75) is 19.9 Å². The highest BCUT2D eigenvalue weighted by Crippen LogP contribution is 2.29. The molecule has 0 saturated heterocycles. The number of hydrogen-bond donors (Lipinski definition) is 3. The highest BCUT2D eigenvalue weighted by Gasteiger charge is 2.20. The summed E-state index contributed by atoms with van der Waals surface area (Å²) >= 11 is 1.29. The molecule has 0 spiro atoms. The second-order valence-corrected chi connectivity index (χ2v) is 8.86. The number of aromatic nitrogens is 5. The van der Waals surface area contributed by atoms with Crippen LogP contribution >= 0.6 is 11.3 Å². The molecule has 0 atom stereocenters. The summed E-state index contributed by atoms with van der Waals surface area (Å²) in [6, 6.07) is 13.2. The van der Waals surface area contributed by atoms with Gasteiger partial charge in [0.15, 0.2) is 10.8 Å². The first-order valence-corrected chi connectivity index (χ1v) is 11.5. The van der Waals surface area contributed by atoms with E-state index in [1.807, 2.05) is 48.9 Å². The van der Waals surface area contributed by atoms with Gasteiger partial charge in [0.2, 0.25) is 0 Å². The van der Waals surface area contributed by atoms with Gasteiger partial charge in [-0.1, -0.05) is 30.3 Å². The zero-order valence-electron chi connectivity index (χ0n) is 18.4. The number of primary amides is 1. The molecule has 0 bridgehead atoms. The maximum Gasteiger partial charge on any atom is 0.265 e. The maximum absolute atomic E-state index is 13.4. The summed E-state index contributed by atoms with van der Waals surface area (Å²) in [5, 5.41) is 10.3. The van der Waals surface area contributed by atoms with Gasteiger partial charge in [-0.15, -0.1) is 11.3 Å². The van der Waals surface area contributed by atoms with Crippen LogP contribution < -0.4 is 11.1 Å². The lowest BCUT2D eigenvalue weighted by Gasteiger charge is -2.10. The third-order valence-electron chi connectivity index (χ3n) is 5.34. The molecule has 4 N–H and O–H groups in total. The molecule has 0 fully saturated rings. The fraction of sp³-hybridized carbons (Fsp3) is 0.125.